The van der Waals surface area contributed by atoms with Crippen molar-refractivity contribution in [1.82, 2.24) is 9.47 Å². The first kappa shape index (κ1) is 24.1. The molecule has 5 heteroatoms. The summed E-state index contributed by atoms with van der Waals surface area (Å²) in [4.78, 5) is 3.45. The van der Waals surface area contributed by atoms with Crippen molar-refractivity contribution in [1.29, 1.82) is 0 Å². The number of rotatable bonds is 8. The van der Waals surface area contributed by atoms with Crippen LogP contribution in [-0.2, 0) is 19.6 Å². The van der Waals surface area contributed by atoms with Crippen LogP contribution in [0.5, 0.6) is 0 Å². The van der Waals surface area contributed by atoms with E-state index < -0.39 is 0 Å². The van der Waals surface area contributed by atoms with Crippen molar-refractivity contribution in [2.45, 2.75) is 38.4 Å². The van der Waals surface area contributed by atoms with Crippen molar-refractivity contribution in [2.75, 3.05) is 11.6 Å². The molecule has 0 amide bonds. The fourth-order valence-electron chi connectivity index (χ4n) is 4.06. The maximum atomic E-state index is 5.92. The van der Waals surface area contributed by atoms with Gasteiger partial charge in [-0.25, -0.2) is 0 Å². The Morgan fingerprint density at radius 1 is 0.912 bits per heavy atom. The second-order valence-electron chi connectivity index (χ2n) is 8.56. The van der Waals surface area contributed by atoms with E-state index in [1.54, 1.807) is 11.8 Å². The SMILES string of the molecule is CSc1cccc(NC(=S)N(Cc2ccccc2)Cc2cccn2Cc2ccc(C)cc2C)c1. The summed E-state index contributed by atoms with van der Waals surface area (Å²) < 4.78 is 2.33. The highest BCUT2D eigenvalue weighted by atomic mass is 32.2. The van der Waals surface area contributed by atoms with Gasteiger partial charge in [0.2, 0.25) is 0 Å². The zero-order valence-corrected chi connectivity index (χ0v) is 21.6. The van der Waals surface area contributed by atoms with E-state index in [0.29, 0.717) is 0 Å². The summed E-state index contributed by atoms with van der Waals surface area (Å²) in [5.41, 5.74) is 7.44. The highest BCUT2D eigenvalue weighted by molar-refractivity contribution is 7.98. The number of benzene rings is 3. The van der Waals surface area contributed by atoms with Gasteiger partial charge in [0.25, 0.3) is 0 Å². The Balaban J connectivity index is 1.56. The first-order valence-electron chi connectivity index (χ1n) is 11.5. The van der Waals surface area contributed by atoms with Crippen LogP contribution in [0.15, 0.2) is 96.0 Å². The number of thiocarbonyl (C=S) groups is 1. The molecule has 1 aromatic heterocycles. The predicted octanol–water partition coefficient (Wildman–Crippen LogP) is 7.27. The van der Waals surface area contributed by atoms with Gasteiger partial charge in [-0.05, 0) is 79.3 Å². The molecule has 0 saturated carbocycles. The summed E-state index contributed by atoms with van der Waals surface area (Å²) >= 11 is 7.65. The molecule has 3 nitrogen and oxygen atoms in total. The van der Waals surface area contributed by atoms with Gasteiger partial charge in [0, 0.05) is 35.6 Å². The molecule has 0 saturated heterocycles. The standard InChI is InChI=1S/C29H31N3S2/c1-22-14-15-25(23(2)17-22)20-31-16-8-12-27(31)21-32(19-24-9-5-4-6-10-24)29(33)30-26-11-7-13-28(18-26)34-3/h4-18H,19-21H2,1-3H3,(H,30,33). The topological polar surface area (TPSA) is 20.2 Å². The van der Waals surface area contributed by atoms with Crippen LogP contribution < -0.4 is 5.32 Å². The van der Waals surface area contributed by atoms with Crippen LogP contribution in [-0.4, -0.2) is 20.8 Å². The third-order valence-corrected chi connectivity index (χ3v) is 7.03. The molecule has 0 bridgehead atoms. The van der Waals surface area contributed by atoms with Crippen molar-refractivity contribution < 1.29 is 0 Å². The lowest BCUT2D eigenvalue weighted by Gasteiger charge is -2.27. The number of nitrogens with zero attached hydrogens (tertiary/aromatic N) is 2. The average molecular weight is 486 g/mol. The average Bonchev–Trinajstić information content (AvgIpc) is 3.27. The first-order valence-corrected chi connectivity index (χ1v) is 13.1. The van der Waals surface area contributed by atoms with Crippen LogP contribution in [0.1, 0.15) is 27.9 Å². The Morgan fingerprint density at radius 2 is 1.74 bits per heavy atom. The maximum absolute atomic E-state index is 5.92. The van der Waals surface area contributed by atoms with Crippen LogP contribution >= 0.6 is 24.0 Å². The van der Waals surface area contributed by atoms with Crippen LogP contribution in [0.2, 0.25) is 0 Å². The van der Waals surface area contributed by atoms with E-state index in [9.17, 15) is 0 Å². The van der Waals surface area contributed by atoms with E-state index in [1.807, 2.05) is 6.07 Å². The zero-order chi connectivity index (χ0) is 23.9. The number of nitrogens with one attached hydrogen (secondary N) is 1. The Bertz CT molecular complexity index is 1250. The van der Waals surface area contributed by atoms with E-state index in [4.69, 9.17) is 12.2 Å². The minimum Gasteiger partial charge on any atom is -0.345 e. The van der Waals surface area contributed by atoms with E-state index >= 15 is 0 Å². The quantitative estimate of drug-likeness (QED) is 0.209. The van der Waals surface area contributed by atoms with Gasteiger partial charge in [-0.3, -0.25) is 0 Å². The first-order chi connectivity index (χ1) is 16.5. The number of hydrogen-bond donors (Lipinski definition) is 1. The number of anilines is 1. The van der Waals surface area contributed by atoms with Crippen molar-refractivity contribution >= 4 is 34.8 Å². The molecule has 0 fully saturated rings. The molecule has 0 atom stereocenters. The van der Waals surface area contributed by atoms with E-state index in [0.717, 1.165) is 30.4 Å². The molecule has 1 heterocycles. The van der Waals surface area contributed by atoms with Gasteiger partial charge >= 0.3 is 0 Å². The maximum Gasteiger partial charge on any atom is 0.174 e. The summed E-state index contributed by atoms with van der Waals surface area (Å²) in [6.07, 6.45) is 4.25. The normalized spacial score (nSPS) is 10.8. The van der Waals surface area contributed by atoms with Gasteiger partial charge < -0.3 is 14.8 Å². The Kier molecular flexibility index (Phi) is 8.09. The lowest BCUT2D eigenvalue weighted by atomic mass is 10.1. The third-order valence-electron chi connectivity index (χ3n) is 5.94. The molecular formula is C29H31N3S2. The summed E-state index contributed by atoms with van der Waals surface area (Å²) in [7, 11) is 0. The number of thioether (sulfide) groups is 1. The highest BCUT2D eigenvalue weighted by Crippen LogP contribution is 2.21. The van der Waals surface area contributed by atoms with Crippen molar-refractivity contribution in [3.63, 3.8) is 0 Å². The zero-order valence-electron chi connectivity index (χ0n) is 20.0. The smallest absolute Gasteiger partial charge is 0.174 e. The summed E-state index contributed by atoms with van der Waals surface area (Å²) in [6, 6.07) is 29.9. The molecule has 0 spiro atoms. The van der Waals surface area contributed by atoms with E-state index in [2.05, 4.69) is 120 Å². The summed E-state index contributed by atoms with van der Waals surface area (Å²) in [5.74, 6) is 0. The lowest BCUT2D eigenvalue weighted by Crippen LogP contribution is -2.34. The molecular weight excluding hydrogens is 454 g/mol. The second-order valence-corrected chi connectivity index (χ2v) is 9.83. The van der Waals surface area contributed by atoms with Gasteiger partial charge in [0.05, 0.1) is 6.54 Å². The minimum absolute atomic E-state index is 0.723. The lowest BCUT2D eigenvalue weighted by molar-refractivity contribution is 0.399. The molecule has 0 radical (unpaired) electrons. The fourth-order valence-corrected chi connectivity index (χ4v) is 4.76. The second kappa shape index (κ2) is 11.4. The van der Waals surface area contributed by atoms with Crippen molar-refractivity contribution in [3.8, 4) is 0 Å². The molecule has 3 aromatic carbocycles. The van der Waals surface area contributed by atoms with Crippen LogP contribution in [0.4, 0.5) is 5.69 Å². The molecule has 0 aliphatic heterocycles. The molecule has 0 aliphatic carbocycles. The largest absolute Gasteiger partial charge is 0.345 e. The highest BCUT2D eigenvalue weighted by Gasteiger charge is 2.15. The molecule has 174 valence electrons. The number of hydrogen-bond acceptors (Lipinski definition) is 2. The van der Waals surface area contributed by atoms with Gasteiger partial charge in [-0.15, -0.1) is 11.8 Å². The predicted molar refractivity (Wildman–Crippen MR) is 150 cm³/mol. The van der Waals surface area contributed by atoms with Crippen molar-refractivity contribution in [2.24, 2.45) is 0 Å². The molecule has 0 aliphatic rings. The number of aryl methyl sites for hydroxylation is 2. The monoisotopic (exact) mass is 485 g/mol. The van der Waals surface area contributed by atoms with Gasteiger partial charge in [0.15, 0.2) is 5.11 Å². The number of aromatic nitrogens is 1. The molecule has 0 unspecified atom stereocenters. The van der Waals surface area contributed by atoms with Crippen LogP contribution in [0, 0.1) is 13.8 Å². The van der Waals surface area contributed by atoms with Crippen LogP contribution in [0.3, 0.4) is 0 Å². The molecule has 1 N–H and O–H groups in total. The van der Waals surface area contributed by atoms with Crippen molar-refractivity contribution in [3.05, 3.63) is 119 Å². The third kappa shape index (κ3) is 6.31. The van der Waals surface area contributed by atoms with Gasteiger partial charge in [-0.2, -0.15) is 0 Å². The Hall–Kier alpha value is -3.02. The Labute approximate surface area is 212 Å². The molecule has 4 rings (SSSR count). The summed E-state index contributed by atoms with van der Waals surface area (Å²) in [5, 5.41) is 4.19. The van der Waals surface area contributed by atoms with Gasteiger partial charge in [0.1, 0.15) is 0 Å². The molecule has 34 heavy (non-hydrogen) atoms. The summed E-state index contributed by atoms with van der Waals surface area (Å²) in [6.45, 7) is 6.64. The van der Waals surface area contributed by atoms with Gasteiger partial charge in [-0.1, -0.05) is 60.2 Å². The minimum atomic E-state index is 0.723. The van der Waals surface area contributed by atoms with Crippen LogP contribution in [0.25, 0.3) is 0 Å². The van der Waals surface area contributed by atoms with E-state index in [-0.39, 0.29) is 0 Å². The Morgan fingerprint density at radius 3 is 2.50 bits per heavy atom. The fraction of sp³-hybridized carbons (Fsp3) is 0.207. The van der Waals surface area contributed by atoms with E-state index in [1.165, 1.54) is 32.8 Å². The molecule has 4 aromatic rings.